The molecule has 5 nitrogen and oxygen atoms in total. The van der Waals surface area contributed by atoms with Crippen molar-refractivity contribution in [1.29, 1.82) is 0 Å². The second-order valence-corrected chi connectivity index (χ2v) is 7.82. The van der Waals surface area contributed by atoms with Gasteiger partial charge in [-0.3, -0.25) is 0 Å². The summed E-state index contributed by atoms with van der Waals surface area (Å²) < 4.78 is 27.1. The first-order valence-corrected chi connectivity index (χ1v) is 8.51. The smallest absolute Gasteiger partial charge is 0.216 e. The molecule has 20 heavy (non-hydrogen) atoms. The minimum Gasteiger partial charge on any atom is -0.329 e. The van der Waals surface area contributed by atoms with E-state index < -0.39 is 15.6 Å². The average Bonchev–Trinajstić information content (AvgIpc) is 2.30. The van der Waals surface area contributed by atoms with Gasteiger partial charge in [0.25, 0.3) is 0 Å². The maximum atomic E-state index is 12.2. The SMILES string of the molecule is CC(C)CC(C)(CN)NS(=O)(=O)Cc1ccc(Cl)nc1. The predicted molar refractivity (Wildman–Crippen MR) is 81.9 cm³/mol. The number of pyridine rings is 1. The molecule has 0 amide bonds. The van der Waals surface area contributed by atoms with Crippen molar-refractivity contribution >= 4 is 21.6 Å². The van der Waals surface area contributed by atoms with E-state index in [-0.39, 0.29) is 12.3 Å². The summed E-state index contributed by atoms with van der Waals surface area (Å²) in [6.07, 6.45) is 2.14. The maximum Gasteiger partial charge on any atom is 0.216 e. The van der Waals surface area contributed by atoms with E-state index in [0.29, 0.717) is 23.1 Å². The molecule has 0 radical (unpaired) electrons. The van der Waals surface area contributed by atoms with Crippen LogP contribution in [0.2, 0.25) is 5.15 Å². The van der Waals surface area contributed by atoms with Gasteiger partial charge in [0.1, 0.15) is 5.15 Å². The Balaban J connectivity index is 2.80. The van der Waals surface area contributed by atoms with Crippen LogP contribution in [0.3, 0.4) is 0 Å². The van der Waals surface area contributed by atoms with Gasteiger partial charge in [0, 0.05) is 18.3 Å². The monoisotopic (exact) mass is 319 g/mol. The van der Waals surface area contributed by atoms with Gasteiger partial charge in [-0.05, 0) is 30.9 Å². The molecule has 1 aromatic heterocycles. The molecular formula is C13H22ClN3O2S. The van der Waals surface area contributed by atoms with E-state index in [1.165, 1.54) is 6.20 Å². The summed E-state index contributed by atoms with van der Waals surface area (Å²) in [4.78, 5) is 3.88. The van der Waals surface area contributed by atoms with Gasteiger partial charge in [-0.1, -0.05) is 31.5 Å². The first-order chi connectivity index (χ1) is 9.16. The molecule has 7 heteroatoms. The topological polar surface area (TPSA) is 85.1 Å². The Morgan fingerprint density at radius 2 is 2.10 bits per heavy atom. The van der Waals surface area contributed by atoms with Gasteiger partial charge < -0.3 is 5.73 Å². The number of nitrogens with zero attached hydrogens (tertiary/aromatic N) is 1. The largest absolute Gasteiger partial charge is 0.329 e. The van der Waals surface area contributed by atoms with E-state index >= 15 is 0 Å². The Labute approximate surface area is 126 Å². The lowest BCUT2D eigenvalue weighted by atomic mass is 9.92. The van der Waals surface area contributed by atoms with Gasteiger partial charge in [-0.15, -0.1) is 0 Å². The van der Waals surface area contributed by atoms with Crippen molar-refractivity contribution in [3.8, 4) is 0 Å². The zero-order valence-electron chi connectivity index (χ0n) is 12.1. The third kappa shape index (κ3) is 5.75. The number of nitrogens with one attached hydrogen (secondary N) is 1. The number of hydrogen-bond acceptors (Lipinski definition) is 4. The van der Waals surface area contributed by atoms with Crippen molar-refractivity contribution in [1.82, 2.24) is 9.71 Å². The molecule has 0 spiro atoms. The molecule has 114 valence electrons. The third-order valence-electron chi connectivity index (χ3n) is 2.86. The summed E-state index contributed by atoms with van der Waals surface area (Å²) in [6.45, 7) is 6.14. The minimum atomic E-state index is -3.48. The predicted octanol–water partition coefficient (Wildman–Crippen LogP) is 1.92. The Kier molecular flexibility index (Phi) is 5.94. The third-order valence-corrected chi connectivity index (χ3v) is 4.60. The van der Waals surface area contributed by atoms with E-state index in [1.807, 2.05) is 20.8 Å². The van der Waals surface area contributed by atoms with E-state index in [1.54, 1.807) is 12.1 Å². The lowest BCUT2D eigenvalue weighted by molar-refractivity contribution is 0.344. The summed E-state index contributed by atoms with van der Waals surface area (Å²) in [5.41, 5.74) is 5.68. The molecule has 1 aromatic rings. The number of aromatic nitrogens is 1. The lowest BCUT2D eigenvalue weighted by Crippen LogP contribution is -2.52. The van der Waals surface area contributed by atoms with Gasteiger partial charge in [0.05, 0.1) is 5.75 Å². The molecular weight excluding hydrogens is 298 g/mol. The van der Waals surface area contributed by atoms with Crippen LogP contribution in [0.1, 0.15) is 32.8 Å². The normalized spacial score (nSPS) is 15.3. The van der Waals surface area contributed by atoms with Gasteiger partial charge in [0.15, 0.2) is 0 Å². The Morgan fingerprint density at radius 3 is 2.55 bits per heavy atom. The van der Waals surface area contributed by atoms with Crippen molar-refractivity contribution in [3.63, 3.8) is 0 Å². The molecule has 1 heterocycles. The van der Waals surface area contributed by atoms with Crippen LogP contribution in [-0.2, 0) is 15.8 Å². The van der Waals surface area contributed by atoms with Crippen LogP contribution in [0.4, 0.5) is 0 Å². The average molecular weight is 320 g/mol. The Morgan fingerprint density at radius 1 is 1.45 bits per heavy atom. The second-order valence-electron chi connectivity index (χ2n) is 5.71. The summed E-state index contributed by atoms with van der Waals surface area (Å²) in [7, 11) is -3.48. The first kappa shape index (κ1) is 17.4. The molecule has 1 unspecified atom stereocenters. The van der Waals surface area contributed by atoms with Crippen LogP contribution in [0, 0.1) is 5.92 Å². The van der Waals surface area contributed by atoms with Crippen LogP contribution < -0.4 is 10.5 Å². The summed E-state index contributed by atoms with van der Waals surface area (Å²) >= 11 is 5.68. The highest BCUT2D eigenvalue weighted by molar-refractivity contribution is 7.88. The fraction of sp³-hybridized carbons (Fsp3) is 0.615. The molecule has 1 rings (SSSR count). The van der Waals surface area contributed by atoms with Gasteiger partial charge >= 0.3 is 0 Å². The molecule has 0 aromatic carbocycles. The Hall–Kier alpha value is -0.690. The van der Waals surface area contributed by atoms with Crippen LogP contribution in [-0.4, -0.2) is 25.5 Å². The standard InChI is InChI=1S/C13H22ClN3O2S/c1-10(2)6-13(3,9-15)17-20(18,19)8-11-4-5-12(14)16-7-11/h4-5,7,10,17H,6,8-9,15H2,1-3H3. The van der Waals surface area contributed by atoms with Crippen LogP contribution in [0.5, 0.6) is 0 Å². The molecule has 0 aliphatic carbocycles. The lowest BCUT2D eigenvalue weighted by Gasteiger charge is -2.30. The van der Waals surface area contributed by atoms with E-state index in [9.17, 15) is 8.42 Å². The molecule has 0 bridgehead atoms. The summed E-state index contributed by atoms with van der Waals surface area (Å²) in [5, 5.41) is 0.339. The number of halogens is 1. The molecule has 0 saturated carbocycles. The fourth-order valence-corrected chi connectivity index (χ4v) is 3.90. The second kappa shape index (κ2) is 6.85. The number of hydrogen-bond donors (Lipinski definition) is 2. The molecule has 0 fully saturated rings. The summed E-state index contributed by atoms with van der Waals surface area (Å²) in [6, 6.07) is 3.22. The molecule has 0 aliphatic rings. The van der Waals surface area contributed by atoms with Gasteiger partial charge in [-0.2, -0.15) is 0 Å². The molecule has 0 saturated heterocycles. The van der Waals surface area contributed by atoms with Crippen molar-refractivity contribution in [2.24, 2.45) is 11.7 Å². The van der Waals surface area contributed by atoms with Crippen molar-refractivity contribution < 1.29 is 8.42 Å². The van der Waals surface area contributed by atoms with Crippen molar-refractivity contribution in [3.05, 3.63) is 29.0 Å². The highest BCUT2D eigenvalue weighted by Crippen LogP contribution is 2.18. The van der Waals surface area contributed by atoms with Crippen molar-refractivity contribution in [2.45, 2.75) is 38.5 Å². The molecule has 3 N–H and O–H groups in total. The highest BCUT2D eigenvalue weighted by atomic mass is 35.5. The number of nitrogens with two attached hydrogens (primary N) is 1. The maximum absolute atomic E-state index is 12.2. The minimum absolute atomic E-state index is 0.134. The van der Waals surface area contributed by atoms with Crippen LogP contribution in [0.15, 0.2) is 18.3 Å². The van der Waals surface area contributed by atoms with Crippen molar-refractivity contribution in [2.75, 3.05) is 6.54 Å². The fourth-order valence-electron chi connectivity index (χ4n) is 2.19. The summed E-state index contributed by atoms with van der Waals surface area (Å²) in [5.74, 6) is 0.216. The zero-order chi connectivity index (χ0) is 15.4. The Bertz CT molecular complexity index is 531. The highest BCUT2D eigenvalue weighted by Gasteiger charge is 2.29. The molecule has 0 aliphatic heterocycles. The molecule has 1 atom stereocenters. The van der Waals surface area contributed by atoms with Gasteiger partial charge in [-0.25, -0.2) is 18.1 Å². The van der Waals surface area contributed by atoms with Gasteiger partial charge in [0.2, 0.25) is 10.0 Å². The quantitative estimate of drug-likeness (QED) is 0.752. The number of rotatable bonds is 7. The first-order valence-electron chi connectivity index (χ1n) is 6.48. The van der Waals surface area contributed by atoms with E-state index in [4.69, 9.17) is 17.3 Å². The van der Waals surface area contributed by atoms with E-state index in [2.05, 4.69) is 9.71 Å². The number of sulfonamides is 1. The van der Waals surface area contributed by atoms with Crippen LogP contribution >= 0.6 is 11.6 Å². The zero-order valence-corrected chi connectivity index (χ0v) is 13.6. The van der Waals surface area contributed by atoms with E-state index in [0.717, 1.165) is 0 Å². The van der Waals surface area contributed by atoms with Crippen LogP contribution in [0.25, 0.3) is 0 Å².